The molecule has 0 aliphatic carbocycles. The number of thiophene rings is 1. The summed E-state index contributed by atoms with van der Waals surface area (Å²) in [5.41, 5.74) is 2.80. The van der Waals surface area contributed by atoms with Crippen molar-refractivity contribution >= 4 is 44.9 Å². The molecule has 6 nitrogen and oxygen atoms in total. The first-order valence-corrected chi connectivity index (χ1v) is 11.7. The molecule has 0 aliphatic heterocycles. The quantitative estimate of drug-likeness (QED) is 0.275. The van der Waals surface area contributed by atoms with Crippen LogP contribution < -0.4 is 14.8 Å². The first-order chi connectivity index (χ1) is 15.5. The van der Waals surface area contributed by atoms with E-state index in [0.29, 0.717) is 17.2 Å². The molecule has 2 aromatic carbocycles. The van der Waals surface area contributed by atoms with Crippen molar-refractivity contribution in [3.63, 3.8) is 0 Å². The summed E-state index contributed by atoms with van der Waals surface area (Å²) < 4.78 is 10.6. The summed E-state index contributed by atoms with van der Waals surface area (Å²) in [6.07, 6.45) is 1.56. The van der Waals surface area contributed by atoms with Gasteiger partial charge in [0.15, 0.2) is 0 Å². The van der Waals surface area contributed by atoms with Crippen molar-refractivity contribution in [2.75, 3.05) is 19.5 Å². The lowest BCUT2D eigenvalue weighted by atomic mass is 10.0. The molecule has 1 amide bonds. The van der Waals surface area contributed by atoms with Gasteiger partial charge in [-0.25, -0.2) is 9.97 Å². The van der Waals surface area contributed by atoms with Gasteiger partial charge < -0.3 is 14.8 Å². The topological polar surface area (TPSA) is 73.3 Å². The number of rotatable bonds is 7. The molecule has 0 fully saturated rings. The SMILES string of the molecule is COc1ccc(OC)c(NC(=O)C(C)Sc2ncnc3sc(C)c(-c4ccccc4)c23)c1. The lowest BCUT2D eigenvalue weighted by Crippen LogP contribution is -2.22. The summed E-state index contributed by atoms with van der Waals surface area (Å²) in [6, 6.07) is 15.5. The Labute approximate surface area is 195 Å². The minimum absolute atomic E-state index is 0.151. The Kier molecular flexibility index (Phi) is 6.62. The molecule has 1 unspecified atom stereocenters. The molecule has 4 rings (SSSR count). The summed E-state index contributed by atoms with van der Waals surface area (Å²) in [5.74, 6) is 1.06. The van der Waals surface area contributed by atoms with Gasteiger partial charge in [0, 0.05) is 16.5 Å². The van der Waals surface area contributed by atoms with Crippen LogP contribution in [0.5, 0.6) is 11.5 Å². The number of aromatic nitrogens is 2. The number of methoxy groups -OCH3 is 2. The lowest BCUT2D eigenvalue weighted by molar-refractivity contribution is -0.115. The second-order valence-corrected chi connectivity index (χ2v) is 9.61. The molecule has 0 saturated heterocycles. The first kappa shape index (κ1) is 22.1. The fourth-order valence-electron chi connectivity index (χ4n) is 3.43. The second-order valence-electron chi connectivity index (χ2n) is 7.07. The van der Waals surface area contributed by atoms with Gasteiger partial charge in [-0.05, 0) is 31.5 Å². The van der Waals surface area contributed by atoms with E-state index < -0.39 is 5.25 Å². The van der Waals surface area contributed by atoms with Gasteiger partial charge in [-0.15, -0.1) is 11.3 Å². The molecule has 1 N–H and O–H groups in total. The van der Waals surface area contributed by atoms with Crippen molar-refractivity contribution in [3.8, 4) is 22.6 Å². The maximum absolute atomic E-state index is 13.0. The molecule has 1 atom stereocenters. The molecule has 164 valence electrons. The van der Waals surface area contributed by atoms with Crippen molar-refractivity contribution in [2.45, 2.75) is 24.1 Å². The fourth-order valence-corrected chi connectivity index (χ4v) is 5.43. The maximum Gasteiger partial charge on any atom is 0.237 e. The Morgan fingerprint density at radius 1 is 1.09 bits per heavy atom. The summed E-state index contributed by atoms with van der Waals surface area (Å²) in [4.78, 5) is 24.1. The summed E-state index contributed by atoms with van der Waals surface area (Å²) in [7, 11) is 3.15. The zero-order valence-corrected chi connectivity index (χ0v) is 19.8. The van der Waals surface area contributed by atoms with Gasteiger partial charge in [0.25, 0.3) is 0 Å². The molecule has 0 bridgehead atoms. The number of carbonyl (C=O) groups excluding carboxylic acids is 1. The van der Waals surface area contributed by atoms with E-state index in [0.717, 1.165) is 26.4 Å². The Hall–Kier alpha value is -3.10. The third-order valence-electron chi connectivity index (χ3n) is 5.01. The monoisotopic (exact) mass is 465 g/mol. The predicted octanol–water partition coefficient (Wildman–Crippen LogP) is 5.80. The van der Waals surface area contributed by atoms with Crippen LogP contribution in [0.1, 0.15) is 11.8 Å². The average molecular weight is 466 g/mol. The van der Waals surface area contributed by atoms with E-state index >= 15 is 0 Å². The number of carbonyl (C=O) groups is 1. The van der Waals surface area contributed by atoms with Crippen molar-refractivity contribution in [1.29, 1.82) is 0 Å². The summed E-state index contributed by atoms with van der Waals surface area (Å²) >= 11 is 3.06. The number of thioether (sulfide) groups is 1. The van der Waals surface area contributed by atoms with E-state index in [4.69, 9.17) is 9.47 Å². The third-order valence-corrected chi connectivity index (χ3v) is 7.13. The number of anilines is 1. The fraction of sp³-hybridized carbons (Fsp3) is 0.208. The van der Waals surface area contributed by atoms with Crippen LogP contribution in [-0.4, -0.2) is 35.3 Å². The highest BCUT2D eigenvalue weighted by Gasteiger charge is 2.22. The van der Waals surface area contributed by atoms with E-state index in [1.165, 1.54) is 16.6 Å². The minimum Gasteiger partial charge on any atom is -0.497 e. The van der Waals surface area contributed by atoms with E-state index in [2.05, 4.69) is 34.3 Å². The number of ether oxygens (including phenoxy) is 2. The van der Waals surface area contributed by atoms with Crippen LogP contribution in [-0.2, 0) is 4.79 Å². The molecule has 2 heterocycles. The van der Waals surface area contributed by atoms with Crippen molar-refractivity contribution in [3.05, 3.63) is 59.7 Å². The van der Waals surface area contributed by atoms with E-state index in [9.17, 15) is 4.79 Å². The first-order valence-electron chi connectivity index (χ1n) is 10.0. The summed E-state index contributed by atoms with van der Waals surface area (Å²) in [5, 5.41) is 4.34. The normalized spacial score (nSPS) is 11.9. The van der Waals surface area contributed by atoms with E-state index in [1.807, 2.05) is 25.1 Å². The number of hydrogen-bond acceptors (Lipinski definition) is 7. The zero-order valence-electron chi connectivity index (χ0n) is 18.2. The van der Waals surface area contributed by atoms with Gasteiger partial charge in [-0.3, -0.25) is 4.79 Å². The van der Waals surface area contributed by atoms with Crippen LogP contribution in [0.2, 0.25) is 0 Å². The Morgan fingerprint density at radius 3 is 2.59 bits per heavy atom. The van der Waals surface area contributed by atoms with Crippen LogP contribution in [0.15, 0.2) is 59.9 Å². The molecular weight excluding hydrogens is 442 g/mol. The number of benzene rings is 2. The second kappa shape index (κ2) is 9.58. The van der Waals surface area contributed by atoms with Crippen LogP contribution >= 0.6 is 23.1 Å². The highest BCUT2D eigenvalue weighted by molar-refractivity contribution is 8.00. The molecule has 0 spiro atoms. The number of amides is 1. The average Bonchev–Trinajstić information content (AvgIpc) is 3.16. The molecule has 32 heavy (non-hydrogen) atoms. The molecule has 0 saturated carbocycles. The number of fused-ring (bicyclic) bond motifs is 1. The molecule has 2 aromatic heterocycles. The number of hydrogen-bond donors (Lipinski definition) is 1. The van der Waals surface area contributed by atoms with Gasteiger partial charge in [0.1, 0.15) is 27.7 Å². The van der Waals surface area contributed by atoms with Crippen LogP contribution in [0.4, 0.5) is 5.69 Å². The maximum atomic E-state index is 13.0. The van der Waals surface area contributed by atoms with Crippen molar-refractivity contribution in [1.82, 2.24) is 9.97 Å². The Bertz CT molecular complexity index is 1260. The third kappa shape index (κ3) is 4.42. The van der Waals surface area contributed by atoms with Crippen LogP contribution in [0.3, 0.4) is 0 Å². The number of nitrogens with one attached hydrogen (secondary N) is 1. The van der Waals surface area contributed by atoms with Gasteiger partial charge in [-0.2, -0.15) is 0 Å². The Morgan fingerprint density at radius 2 is 1.88 bits per heavy atom. The molecule has 4 aromatic rings. The highest BCUT2D eigenvalue weighted by atomic mass is 32.2. The largest absolute Gasteiger partial charge is 0.497 e. The predicted molar refractivity (Wildman–Crippen MR) is 131 cm³/mol. The van der Waals surface area contributed by atoms with Gasteiger partial charge >= 0.3 is 0 Å². The van der Waals surface area contributed by atoms with Gasteiger partial charge in [0.05, 0.1) is 30.5 Å². The van der Waals surface area contributed by atoms with E-state index in [1.54, 1.807) is 50.1 Å². The number of aryl methyl sites for hydroxylation is 1. The summed E-state index contributed by atoms with van der Waals surface area (Å²) in [6.45, 7) is 3.95. The highest BCUT2D eigenvalue weighted by Crippen LogP contribution is 2.42. The molecular formula is C24H23N3O3S2. The molecule has 0 aliphatic rings. The van der Waals surface area contributed by atoms with Gasteiger partial charge in [0.2, 0.25) is 5.91 Å². The van der Waals surface area contributed by atoms with Crippen molar-refractivity contribution < 1.29 is 14.3 Å². The van der Waals surface area contributed by atoms with Crippen LogP contribution in [0, 0.1) is 6.92 Å². The van der Waals surface area contributed by atoms with E-state index in [-0.39, 0.29) is 5.91 Å². The number of nitrogens with zero attached hydrogens (tertiary/aromatic N) is 2. The standard InChI is InChI=1S/C24H23N3O3S2/c1-14-20(16-8-6-5-7-9-16)21-23(31-14)25-13-26-24(21)32-15(2)22(28)27-18-12-17(29-3)10-11-19(18)30-4/h5-13,15H,1-4H3,(H,27,28). The van der Waals surface area contributed by atoms with Gasteiger partial charge in [-0.1, -0.05) is 42.1 Å². The lowest BCUT2D eigenvalue weighted by Gasteiger charge is -2.15. The van der Waals surface area contributed by atoms with Crippen LogP contribution in [0.25, 0.3) is 21.3 Å². The Balaban J connectivity index is 1.63. The minimum atomic E-state index is -0.396. The zero-order chi connectivity index (χ0) is 22.7. The molecule has 0 radical (unpaired) electrons. The smallest absolute Gasteiger partial charge is 0.237 e. The molecule has 8 heteroatoms. The van der Waals surface area contributed by atoms with Crippen molar-refractivity contribution in [2.24, 2.45) is 0 Å².